The molecule has 0 saturated carbocycles. The number of amides is 4. The number of hydrogen-bond donors (Lipinski definition) is 6. The van der Waals surface area contributed by atoms with E-state index >= 15 is 0 Å². The molecule has 4 amide bonds. The Bertz CT molecular complexity index is 639. The maximum Gasteiger partial charge on any atom is 0.326 e. The number of primary amides is 1. The normalized spacial score (nSPS) is 16.0. The Balaban J connectivity index is 5.16. The fourth-order valence-electron chi connectivity index (χ4n) is 2.56. The Morgan fingerprint density at radius 2 is 1.40 bits per heavy atom. The third-order valence-corrected chi connectivity index (χ3v) is 4.67. The smallest absolute Gasteiger partial charge is 0.326 e. The number of carboxylic acid groups (broad SMARTS) is 1. The minimum atomic E-state index is -1.38. The van der Waals surface area contributed by atoms with Gasteiger partial charge in [-0.25, -0.2) is 4.79 Å². The van der Waals surface area contributed by atoms with Gasteiger partial charge in [0.25, 0.3) is 0 Å². The van der Waals surface area contributed by atoms with Crippen LogP contribution in [0.15, 0.2) is 0 Å². The third kappa shape index (κ3) is 9.68. The lowest BCUT2D eigenvalue weighted by molar-refractivity contribution is -0.143. The summed E-state index contributed by atoms with van der Waals surface area (Å²) in [6, 6.07) is -4.41. The van der Waals surface area contributed by atoms with E-state index in [1.54, 1.807) is 20.8 Å². The summed E-state index contributed by atoms with van der Waals surface area (Å²) in [7, 11) is 0. The van der Waals surface area contributed by atoms with E-state index in [-0.39, 0.29) is 18.3 Å². The summed E-state index contributed by atoms with van der Waals surface area (Å²) in [6.45, 7) is 8.66. The van der Waals surface area contributed by atoms with Crippen LogP contribution < -0.4 is 27.4 Å². The van der Waals surface area contributed by atoms with Gasteiger partial charge in [-0.15, -0.1) is 0 Å². The molecule has 0 aromatic heterocycles. The molecule has 11 heteroatoms. The number of carboxylic acids is 1. The second-order valence-corrected chi connectivity index (χ2v) is 7.90. The zero-order valence-electron chi connectivity index (χ0n) is 18.2. The van der Waals surface area contributed by atoms with E-state index in [2.05, 4.69) is 16.0 Å². The Morgan fingerprint density at radius 3 is 1.83 bits per heavy atom. The monoisotopic (exact) mass is 429 g/mol. The Labute approximate surface area is 176 Å². The molecule has 172 valence electrons. The van der Waals surface area contributed by atoms with E-state index in [1.807, 2.05) is 6.92 Å². The molecular weight excluding hydrogens is 394 g/mol. The quantitative estimate of drug-likeness (QED) is 0.212. The maximum atomic E-state index is 12.5. The highest BCUT2D eigenvalue weighted by Gasteiger charge is 2.30. The van der Waals surface area contributed by atoms with Gasteiger partial charge in [0.2, 0.25) is 23.6 Å². The van der Waals surface area contributed by atoms with Gasteiger partial charge in [0.05, 0.1) is 12.5 Å². The van der Waals surface area contributed by atoms with Crippen molar-refractivity contribution in [2.75, 3.05) is 0 Å². The van der Waals surface area contributed by atoms with Crippen LogP contribution in [0.4, 0.5) is 0 Å². The molecule has 30 heavy (non-hydrogen) atoms. The first kappa shape index (κ1) is 27.3. The van der Waals surface area contributed by atoms with Gasteiger partial charge in [-0.3, -0.25) is 19.2 Å². The van der Waals surface area contributed by atoms with Crippen molar-refractivity contribution in [2.45, 2.75) is 78.0 Å². The average molecular weight is 430 g/mol. The molecule has 0 radical (unpaired) electrons. The summed E-state index contributed by atoms with van der Waals surface area (Å²) >= 11 is 0. The molecule has 8 N–H and O–H groups in total. The summed E-state index contributed by atoms with van der Waals surface area (Å²) in [5, 5.41) is 16.4. The fraction of sp³-hybridized carbons (Fsp3) is 0.737. The predicted molar refractivity (Wildman–Crippen MR) is 110 cm³/mol. The Hall–Kier alpha value is -2.69. The molecule has 0 aliphatic carbocycles. The lowest BCUT2D eigenvalue weighted by Gasteiger charge is -2.24. The molecule has 0 spiro atoms. The molecule has 0 saturated heterocycles. The van der Waals surface area contributed by atoms with Crippen LogP contribution in [-0.2, 0) is 24.0 Å². The van der Waals surface area contributed by atoms with Gasteiger partial charge in [-0.2, -0.15) is 0 Å². The predicted octanol–water partition coefficient (Wildman–Crippen LogP) is -1.16. The number of carbonyl (C=O) groups excluding carboxylic acids is 4. The van der Waals surface area contributed by atoms with Crippen molar-refractivity contribution in [3.05, 3.63) is 0 Å². The summed E-state index contributed by atoms with van der Waals surface area (Å²) < 4.78 is 0. The number of aliphatic carboxylic acids is 1. The molecule has 5 unspecified atom stereocenters. The topological polar surface area (TPSA) is 194 Å². The minimum absolute atomic E-state index is 0.0134. The van der Waals surface area contributed by atoms with Crippen LogP contribution in [0.3, 0.4) is 0 Å². The van der Waals surface area contributed by atoms with Crippen molar-refractivity contribution in [2.24, 2.45) is 23.3 Å². The minimum Gasteiger partial charge on any atom is -0.480 e. The van der Waals surface area contributed by atoms with Crippen LogP contribution in [-0.4, -0.2) is 58.9 Å². The van der Waals surface area contributed by atoms with E-state index in [1.165, 1.54) is 6.92 Å². The van der Waals surface area contributed by atoms with Gasteiger partial charge < -0.3 is 32.5 Å². The van der Waals surface area contributed by atoms with Crippen molar-refractivity contribution in [3.8, 4) is 0 Å². The van der Waals surface area contributed by atoms with Crippen LogP contribution in [0.5, 0.6) is 0 Å². The van der Waals surface area contributed by atoms with E-state index in [4.69, 9.17) is 11.5 Å². The van der Waals surface area contributed by atoms with Crippen LogP contribution in [0.2, 0.25) is 0 Å². The molecule has 11 nitrogen and oxygen atoms in total. The average Bonchev–Trinajstić information content (AvgIpc) is 2.64. The zero-order chi connectivity index (χ0) is 23.6. The number of rotatable bonds is 13. The molecule has 0 aromatic carbocycles. The van der Waals surface area contributed by atoms with Crippen LogP contribution in [0, 0.1) is 11.8 Å². The standard InChI is InChI=1S/C19H35N5O6/c1-6-10(4)15(21)18(28)22-11(5)16(26)23-12(8-14(20)25)17(27)24-13(19(29)30)7-9(2)3/h9-13,15H,6-8,21H2,1-5H3,(H2,20,25)(H,22,28)(H,23,26)(H,24,27)(H,29,30). The molecule has 0 aromatic rings. The molecule has 0 aliphatic rings. The molecule has 0 fully saturated rings. The van der Waals surface area contributed by atoms with Crippen molar-refractivity contribution in [3.63, 3.8) is 0 Å². The SMILES string of the molecule is CCC(C)C(N)C(=O)NC(C)C(=O)NC(CC(N)=O)C(=O)NC(CC(C)C)C(=O)O. The molecule has 0 rings (SSSR count). The second kappa shape index (κ2) is 12.8. The highest BCUT2D eigenvalue weighted by atomic mass is 16.4. The number of hydrogen-bond acceptors (Lipinski definition) is 6. The molecule has 0 bridgehead atoms. The first-order valence-corrected chi connectivity index (χ1v) is 9.97. The zero-order valence-corrected chi connectivity index (χ0v) is 18.2. The molecule has 5 atom stereocenters. The summed E-state index contributed by atoms with van der Waals surface area (Å²) in [5.41, 5.74) is 11.0. The summed E-state index contributed by atoms with van der Waals surface area (Å²) in [5.74, 6) is -4.32. The first-order valence-electron chi connectivity index (χ1n) is 9.97. The Kier molecular flexibility index (Phi) is 11.6. The van der Waals surface area contributed by atoms with Crippen molar-refractivity contribution >= 4 is 29.6 Å². The van der Waals surface area contributed by atoms with E-state index < -0.39 is 60.2 Å². The van der Waals surface area contributed by atoms with Gasteiger partial charge in [0.15, 0.2) is 0 Å². The number of nitrogens with two attached hydrogens (primary N) is 2. The van der Waals surface area contributed by atoms with Crippen LogP contribution in [0.1, 0.15) is 53.9 Å². The number of carbonyl (C=O) groups is 5. The van der Waals surface area contributed by atoms with Crippen molar-refractivity contribution in [1.82, 2.24) is 16.0 Å². The van der Waals surface area contributed by atoms with E-state index in [9.17, 15) is 29.1 Å². The Morgan fingerprint density at radius 1 is 0.867 bits per heavy atom. The van der Waals surface area contributed by atoms with Crippen LogP contribution in [0.25, 0.3) is 0 Å². The van der Waals surface area contributed by atoms with Gasteiger partial charge in [-0.05, 0) is 25.2 Å². The molecule has 0 heterocycles. The first-order chi connectivity index (χ1) is 13.8. The highest BCUT2D eigenvalue weighted by Crippen LogP contribution is 2.07. The van der Waals surface area contributed by atoms with Crippen LogP contribution >= 0.6 is 0 Å². The molecule has 0 aliphatic heterocycles. The fourth-order valence-corrected chi connectivity index (χ4v) is 2.56. The van der Waals surface area contributed by atoms with Crippen molar-refractivity contribution in [1.29, 1.82) is 0 Å². The highest BCUT2D eigenvalue weighted by molar-refractivity contribution is 5.95. The summed E-state index contributed by atoms with van der Waals surface area (Å²) in [4.78, 5) is 59.7. The van der Waals surface area contributed by atoms with Crippen molar-refractivity contribution < 1.29 is 29.1 Å². The van der Waals surface area contributed by atoms with E-state index in [0.717, 1.165) is 0 Å². The van der Waals surface area contributed by atoms with Gasteiger partial charge in [0.1, 0.15) is 18.1 Å². The third-order valence-electron chi connectivity index (χ3n) is 4.67. The van der Waals surface area contributed by atoms with Gasteiger partial charge >= 0.3 is 5.97 Å². The van der Waals surface area contributed by atoms with Gasteiger partial charge in [0, 0.05) is 0 Å². The van der Waals surface area contributed by atoms with E-state index in [0.29, 0.717) is 6.42 Å². The second-order valence-electron chi connectivity index (χ2n) is 7.90. The molecular formula is C19H35N5O6. The lowest BCUT2D eigenvalue weighted by Crippen LogP contribution is -2.57. The summed E-state index contributed by atoms with van der Waals surface area (Å²) in [6.07, 6.45) is 0.314. The maximum absolute atomic E-state index is 12.5. The number of nitrogens with one attached hydrogen (secondary N) is 3. The largest absolute Gasteiger partial charge is 0.480 e. The lowest BCUT2D eigenvalue weighted by atomic mass is 9.99. The van der Waals surface area contributed by atoms with Gasteiger partial charge in [-0.1, -0.05) is 34.1 Å².